The summed E-state index contributed by atoms with van der Waals surface area (Å²) in [6.07, 6.45) is 1.42. The first-order chi connectivity index (χ1) is 7.31. The number of H-pyrrole nitrogens is 1. The van der Waals surface area contributed by atoms with Gasteiger partial charge >= 0.3 is 11.6 Å². The molecule has 5 nitrogen and oxygen atoms in total. The van der Waals surface area contributed by atoms with Gasteiger partial charge in [-0.25, -0.2) is 4.98 Å². The van der Waals surface area contributed by atoms with Crippen molar-refractivity contribution in [1.29, 1.82) is 5.26 Å². The Balaban J connectivity index is 2.55. The van der Waals surface area contributed by atoms with Crippen LogP contribution in [0.2, 0.25) is 0 Å². The lowest BCUT2D eigenvalue weighted by Gasteiger charge is -1.97. The van der Waals surface area contributed by atoms with E-state index < -0.39 is 0 Å². The van der Waals surface area contributed by atoms with Crippen molar-refractivity contribution in [3.05, 3.63) is 36.4 Å². The number of aromatic amines is 1. The molecule has 0 fully saturated rings. The van der Waals surface area contributed by atoms with E-state index in [1.807, 2.05) is 24.3 Å². The standard InChI is InChI=1S/C10H7N5/c11-5-9-13-6-14-10(15-9)7-3-1-2-4-8(7)12/h1-4,6H,12H2/p+1. The van der Waals surface area contributed by atoms with Crippen molar-refractivity contribution in [3.63, 3.8) is 0 Å². The Labute approximate surface area is 86.2 Å². The van der Waals surface area contributed by atoms with Crippen molar-refractivity contribution in [3.8, 4) is 17.5 Å². The van der Waals surface area contributed by atoms with Crippen LogP contribution in [0.15, 0.2) is 30.6 Å². The van der Waals surface area contributed by atoms with Gasteiger partial charge in [0.05, 0.1) is 5.56 Å². The van der Waals surface area contributed by atoms with Crippen LogP contribution in [0.25, 0.3) is 11.4 Å². The van der Waals surface area contributed by atoms with Gasteiger partial charge in [-0.15, -0.1) is 0 Å². The molecule has 0 unspecified atom stereocenters. The number of hydrogen-bond donors (Lipinski definition) is 1. The van der Waals surface area contributed by atoms with E-state index >= 15 is 0 Å². The Kier molecular flexibility index (Phi) is 2.25. The third-order valence-electron chi connectivity index (χ3n) is 1.91. The third-order valence-corrected chi connectivity index (χ3v) is 1.91. The smallest absolute Gasteiger partial charge is 0.343 e. The number of rotatable bonds is 1. The molecular formula is C10H8N5+. The van der Waals surface area contributed by atoms with E-state index in [0.717, 1.165) is 5.56 Å². The predicted octanol–water partition coefficient (Wildman–Crippen LogP) is 0.412. The molecule has 1 heterocycles. The van der Waals surface area contributed by atoms with Crippen molar-refractivity contribution < 1.29 is 4.98 Å². The maximum Gasteiger partial charge on any atom is 0.343 e. The molecule has 2 aromatic rings. The summed E-state index contributed by atoms with van der Waals surface area (Å²) < 4.78 is 0. The second-order valence-corrected chi connectivity index (χ2v) is 2.89. The molecular weight excluding hydrogens is 190 g/mol. The average molecular weight is 198 g/mol. The van der Waals surface area contributed by atoms with Crippen molar-refractivity contribution in [1.82, 2.24) is 9.97 Å². The monoisotopic (exact) mass is 198 g/mol. The molecule has 0 aliphatic carbocycles. The molecule has 0 radical (unpaired) electrons. The van der Waals surface area contributed by atoms with Crippen LogP contribution >= 0.6 is 0 Å². The normalized spacial score (nSPS) is 9.53. The lowest BCUT2D eigenvalue weighted by atomic mass is 10.2. The molecule has 0 saturated heterocycles. The minimum atomic E-state index is 0.211. The fraction of sp³-hybridized carbons (Fsp3) is 0. The number of benzene rings is 1. The van der Waals surface area contributed by atoms with Crippen LogP contribution in [-0.2, 0) is 0 Å². The molecule has 15 heavy (non-hydrogen) atoms. The van der Waals surface area contributed by atoms with Crippen molar-refractivity contribution in [2.45, 2.75) is 0 Å². The lowest BCUT2D eigenvalue weighted by molar-refractivity contribution is -0.391. The number of aromatic nitrogens is 3. The minimum Gasteiger partial charge on any atom is -0.398 e. The molecule has 3 N–H and O–H groups in total. The van der Waals surface area contributed by atoms with E-state index in [0.29, 0.717) is 11.5 Å². The van der Waals surface area contributed by atoms with Crippen molar-refractivity contribution >= 4 is 5.69 Å². The lowest BCUT2D eigenvalue weighted by Crippen LogP contribution is -2.12. The number of nitrogens with zero attached hydrogens (tertiary/aromatic N) is 3. The fourth-order valence-electron chi connectivity index (χ4n) is 1.21. The fourth-order valence-corrected chi connectivity index (χ4v) is 1.21. The first kappa shape index (κ1) is 9.09. The van der Waals surface area contributed by atoms with Crippen LogP contribution in [0.3, 0.4) is 0 Å². The molecule has 0 spiro atoms. The molecule has 0 aliphatic heterocycles. The van der Waals surface area contributed by atoms with Crippen LogP contribution < -0.4 is 10.7 Å². The molecule has 5 heteroatoms. The van der Waals surface area contributed by atoms with E-state index in [9.17, 15) is 0 Å². The summed E-state index contributed by atoms with van der Waals surface area (Å²) in [5.41, 5.74) is 7.09. The Morgan fingerprint density at radius 2 is 2.13 bits per heavy atom. The first-order valence-electron chi connectivity index (χ1n) is 4.31. The van der Waals surface area contributed by atoms with E-state index in [2.05, 4.69) is 15.0 Å². The average Bonchev–Trinajstić information content (AvgIpc) is 2.30. The summed E-state index contributed by atoms with van der Waals surface area (Å²) in [7, 11) is 0. The highest BCUT2D eigenvalue weighted by Gasteiger charge is 2.13. The van der Waals surface area contributed by atoms with E-state index in [1.165, 1.54) is 6.33 Å². The number of nitrogens with one attached hydrogen (secondary N) is 1. The second-order valence-electron chi connectivity index (χ2n) is 2.89. The summed E-state index contributed by atoms with van der Waals surface area (Å²) >= 11 is 0. The zero-order chi connectivity index (χ0) is 10.7. The van der Waals surface area contributed by atoms with Gasteiger partial charge in [-0.2, -0.15) is 5.26 Å². The highest BCUT2D eigenvalue weighted by atomic mass is 15.0. The predicted molar refractivity (Wildman–Crippen MR) is 53.2 cm³/mol. The van der Waals surface area contributed by atoms with E-state index in [1.54, 1.807) is 6.07 Å². The quantitative estimate of drug-likeness (QED) is 0.672. The summed E-state index contributed by atoms with van der Waals surface area (Å²) in [5.74, 6) is 0.659. The molecule has 2 rings (SSSR count). The van der Waals surface area contributed by atoms with Gasteiger partial charge in [0, 0.05) is 5.69 Å². The summed E-state index contributed by atoms with van der Waals surface area (Å²) in [5, 5.41) is 8.68. The molecule has 0 bridgehead atoms. The first-order valence-corrected chi connectivity index (χ1v) is 4.31. The van der Waals surface area contributed by atoms with Crippen LogP contribution in [0, 0.1) is 11.3 Å². The van der Waals surface area contributed by atoms with Crippen molar-refractivity contribution in [2.75, 3.05) is 5.73 Å². The summed E-state index contributed by atoms with van der Waals surface area (Å²) in [4.78, 5) is 10.7. The molecule has 0 amide bonds. The second kappa shape index (κ2) is 3.72. The summed E-state index contributed by atoms with van der Waals surface area (Å²) in [6, 6.07) is 9.16. The van der Waals surface area contributed by atoms with E-state index in [4.69, 9.17) is 11.0 Å². The molecule has 1 aromatic carbocycles. The molecule has 0 saturated carbocycles. The van der Waals surface area contributed by atoms with Gasteiger partial charge in [-0.3, -0.25) is 0 Å². The molecule has 0 atom stereocenters. The highest BCUT2D eigenvalue weighted by molar-refractivity contribution is 5.70. The topological polar surface area (TPSA) is 89.7 Å². The third kappa shape index (κ3) is 1.74. The van der Waals surface area contributed by atoms with Crippen LogP contribution in [-0.4, -0.2) is 9.97 Å². The SMILES string of the molecule is N#Cc1nc(-c2ccccc2N)nc[nH+]1. The van der Waals surface area contributed by atoms with Gasteiger partial charge in [-0.05, 0) is 12.1 Å². The van der Waals surface area contributed by atoms with Crippen LogP contribution in [0.5, 0.6) is 0 Å². The Morgan fingerprint density at radius 3 is 2.87 bits per heavy atom. The zero-order valence-electron chi connectivity index (χ0n) is 7.81. The Morgan fingerprint density at radius 1 is 1.33 bits per heavy atom. The number of para-hydroxylation sites is 1. The van der Waals surface area contributed by atoms with Gasteiger partial charge in [0.25, 0.3) is 0 Å². The Hall–Kier alpha value is -2.48. The van der Waals surface area contributed by atoms with Gasteiger partial charge in [-0.1, -0.05) is 22.1 Å². The number of hydrogen-bond acceptors (Lipinski definition) is 4. The highest BCUT2D eigenvalue weighted by Crippen LogP contribution is 2.20. The number of anilines is 1. The molecule has 1 aromatic heterocycles. The number of nitriles is 1. The minimum absolute atomic E-state index is 0.211. The van der Waals surface area contributed by atoms with Gasteiger partial charge in [0.1, 0.15) is 0 Å². The molecule has 72 valence electrons. The van der Waals surface area contributed by atoms with Gasteiger partial charge in [0.15, 0.2) is 6.07 Å². The van der Waals surface area contributed by atoms with E-state index in [-0.39, 0.29) is 5.82 Å². The number of nitrogen functional groups attached to an aromatic ring is 1. The maximum absolute atomic E-state index is 8.68. The maximum atomic E-state index is 8.68. The van der Waals surface area contributed by atoms with Gasteiger partial charge < -0.3 is 5.73 Å². The van der Waals surface area contributed by atoms with Gasteiger partial charge in [0.2, 0.25) is 6.33 Å². The number of nitrogens with two attached hydrogens (primary N) is 1. The van der Waals surface area contributed by atoms with Crippen LogP contribution in [0.4, 0.5) is 5.69 Å². The molecule has 0 aliphatic rings. The largest absolute Gasteiger partial charge is 0.398 e. The van der Waals surface area contributed by atoms with Crippen LogP contribution in [0.1, 0.15) is 5.82 Å². The zero-order valence-corrected chi connectivity index (χ0v) is 7.81. The Bertz CT molecular complexity index is 529. The summed E-state index contributed by atoms with van der Waals surface area (Å²) in [6.45, 7) is 0. The van der Waals surface area contributed by atoms with Crippen molar-refractivity contribution in [2.24, 2.45) is 0 Å².